The zero-order valence-corrected chi connectivity index (χ0v) is 9.65. The molecule has 2 rings (SSSR count). The standard InChI is InChI=1S/C13H12O4/c1-8(14)11-5-9(3-4-12(11)16-2)10-6-13(15)17-7-10/h3-6H,7H2,1-2H3. The number of ketones is 1. The van der Waals surface area contributed by atoms with Crippen LogP contribution >= 0.6 is 0 Å². The van der Waals surface area contributed by atoms with Gasteiger partial charge < -0.3 is 9.47 Å². The van der Waals surface area contributed by atoms with E-state index in [0.29, 0.717) is 11.3 Å². The molecule has 0 fully saturated rings. The third-order valence-corrected chi connectivity index (χ3v) is 2.61. The van der Waals surface area contributed by atoms with Gasteiger partial charge >= 0.3 is 5.97 Å². The van der Waals surface area contributed by atoms with Crippen LogP contribution in [-0.2, 0) is 9.53 Å². The Hall–Kier alpha value is -2.10. The summed E-state index contributed by atoms with van der Waals surface area (Å²) in [6, 6.07) is 5.24. The van der Waals surface area contributed by atoms with Crippen LogP contribution < -0.4 is 4.74 Å². The van der Waals surface area contributed by atoms with Crippen LogP contribution in [0.5, 0.6) is 5.75 Å². The predicted octanol–water partition coefficient (Wildman–Crippen LogP) is 1.84. The molecule has 1 heterocycles. The van der Waals surface area contributed by atoms with Gasteiger partial charge in [0.25, 0.3) is 0 Å². The monoisotopic (exact) mass is 232 g/mol. The summed E-state index contributed by atoms with van der Waals surface area (Å²) in [5.41, 5.74) is 2.09. The van der Waals surface area contributed by atoms with Gasteiger partial charge in [0.2, 0.25) is 0 Å². The number of hydrogen-bond acceptors (Lipinski definition) is 4. The molecule has 0 atom stereocenters. The smallest absolute Gasteiger partial charge is 0.331 e. The first-order valence-corrected chi connectivity index (χ1v) is 5.18. The largest absolute Gasteiger partial charge is 0.496 e. The number of carbonyl (C=O) groups excluding carboxylic acids is 2. The molecule has 0 bridgehead atoms. The Morgan fingerprint density at radius 2 is 2.18 bits per heavy atom. The van der Waals surface area contributed by atoms with E-state index in [1.165, 1.54) is 20.1 Å². The first-order chi connectivity index (χ1) is 8.11. The Bertz CT molecular complexity index is 514. The molecule has 1 aliphatic heterocycles. The molecule has 0 aliphatic carbocycles. The maximum atomic E-state index is 11.5. The van der Waals surface area contributed by atoms with Crippen molar-refractivity contribution in [1.29, 1.82) is 0 Å². The highest BCUT2D eigenvalue weighted by Crippen LogP contribution is 2.26. The van der Waals surface area contributed by atoms with Gasteiger partial charge in [0.15, 0.2) is 5.78 Å². The van der Waals surface area contributed by atoms with Crippen LogP contribution in [0.3, 0.4) is 0 Å². The van der Waals surface area contributed by atoms with Crippen LogP contribution in [0.25, 0.3) is 5.57 Å². The molecule has 0 spiro atoms. The highest BCUT2D eigenvalue weighted by Gasteiger charge is 2.17. The number of esters is 1. The molecule has 17 heavy (non-hydrogen) atoms. The second-order valence-corrected chi connectivity index (χ2v) is 3.75. The minimum Gasteiger partial charge on any atom is -0.496 e. The Morgan fingerprint density at radius 3 is 2.71 bits per heavy atom. The van der Waals surface area contributed by atoms with Gasteiger partial charge in [0.1, 0.15) is 12.4 Å². The molecule has 1 aromatic carbocycles. The fraction of sp³-hybridized carbons (Fsp3) is 0.231. The van der Waals surface area contributed by atoms with Gasteiger partial charge in [0, 0.05) is 11.6 Å². The number of rotatable bonds is 3. The molecule has 1 aromatic rings. The van der Waals surface area contributed by atoms with Crippen LogP contribution in [0.15, 0.2) is 24.3 Å². The van der Waals surface area contributed by atoms with Crippen molar-refractivity contribution in [2.24, 2.45) is 0 Å². The number of benzene rings is 1. The van der Waals surface area contributed by atoms with Crippen molar-refractivity contribution in [1.82, 2.24) is 0 Å². The summed E-state index contributed by atoms with van der Waals surface area (Å²) in [7, 11) is 1.52. The number of ether oxygens (including phenoxy) is 2. The van der Waals surface area contributed by atoms with Crippen LogP contribution in [0, 0.1) is 0 Å². The zero-order chi connectivity index (χ0) is 12.4. The summed E-state index contributed by atoms with van der Waals surface area (Å²) < 4.78 is 9.94. The highest BCUT2D eigenvalue weighted by atomic mass is 16.5. The molecule has 4 nitrogen and oxygen atoms in total. The molecule has 0 N–H and O–H groups in total. The number of Topliss-reactive ketones (excluding diaryl/α,β-unsaturated/α-hetero) is 1. The lowest BCUT2D eigenvalue weighted by molar-refractivity contribution is -0.134. The lowest BCUT2D eigenvalue weighted by atomic mass is 10.0. The predicted molar refractivity (Wildman–Crippen MR) is 61.9 cm³/mol. The Kier molecular flexibility index (Phi) is 2.95. The Balaban J connectivity index is 2.44. The van der Waals surface area contributed by atoms with E-state index in [1.807, 2.05) is 0 Å². The molecule has 0 radical (unpaired) electrons. The summed E-state index contributed by atoms with van der Waals surface area (Å²) in [6.45, 7) is 1.73. The molecule has 0 unspecified atom stereocenters. The van der Waals surface area contributed by atoms with E-state index in [4.69, 9.17) is 9.47 Å². The van der Waals surface area contributed by atoms with E-state index in [9.17, 15) is 9.59 Å². The molecule has 88 valence electrons. The molecule has 0 saturated carbocycles. The topological polar surface area (TPSA) is 52.6 Å². The van der Waals surface area contributed by atoms with E-state index in [1.54, 1.807) is 18.2 Å². The Labute approximate surface area is 98.8 Å². The van der Waals surface area contributed by atoms with E-state index >= 15 is 0 Å². The first kappa shape index (κ1) is 11.4. The third-order valence-electron chi connectivity index (χ3n) is 2.61. The second kappa shape index (κ2) is 4.41. The van der Waals surface area contributed by atoms with Gasteiger partial charge in [-0.2, -0.15) is 0 Å². The fourth-order valence-corrected chi connectivity index (χ4v) is 1.72. The van der Waals surface area contributed by atoms with E-state index in [-0.39, 0.29) is 18.4 Å². The summed E-state index contributed by atoms with van der Waals surface area (Å²) >= 11 is 0. The van der Waals surface area contributed by atoms with Gasteiger partial charge in [-0.05, 0) is 24.6 Å². The normalized spacial score (nSPS) is 14.2. The van der Waals surface area contributed by atoms with Crippen LogP contribution in [0.2, 0.25) is 0 Å². The third kappa shape index (κ3) is 2.20. The number of carbonyl (C=O) groups is 2. The van der Waals surface area contributed by atoms with Crippen molar-refractivity contribution < 1.29 is 19.1 Å². The summed E-state index contributed by atoms with van der Waals surface area (Å²) in [6.07, 6.45) is 1.44. The maximum absolute atomic E-state index is 11.5. The van der Waals surface area contributed by atoms with E-state index in [2.05, 4.69) is 0 Å². The molecule has 4 heteroatoms. The van der Waals surface area contributed by atoms with Crippen LogP contribution in [0.1, 0.15) is 22.8 Å². The van der Waals surface area contributed by atoms with Gasteiger partial charge in [-0.3, -0.25) is 4.79 Å². The van der Waals surface area contributed by atoms with Gasteiger partial charge in [-0.1, -0.05) is 6.07 Å². The minimum absolute atomic E-state index is 0.0745. The van der Waals surface area contributed by atoms with Crippen molar-refractivity contribution in [3.8, 4) is 5.75 Å². The van der Waals surface area contributed by atoms with E-state index in [0.717, 1.165) is 11.1 Å². The zero-order valence-electron chi connectivity index (χ0n) is 9.65. The van der Waals surface area contributed by atoms with Gasteiger partial charge in [-0.25, -0.2) is 4.79 Å². The number of methoxy groups -OCH3 is 1. The lowest BCUT2D eigenvalue weighted by Gasteiger charge is -2.08. The highest BCUT2D eigenvalue weighted by molar-refractivity contribution is 6.00. The fourth-order valence-electron chi connectivity index (χ4n) is 1.72. The quantitative estimate of drug-likeness (QED) is 0.589. The summed E-state index contributed by atoms with van der Waals surface area (Å²) in [5, 5.41) is 0. The first-order valence-electron chi connectivity index (χ1n) is 5.18. The molecule has 0 saturated heterocycles. The van der Waals surface area contributed by atoms with Gasteiger partial charge in [0.05, 0.1) is 12.7 Å². The van der Waals surface area contributed by atoms with Crippen molar-refractivity contribution in [2.45, 2.75) is 6.92 Å². The molecular formula is C13H12O4. The Morgan fingerprint density at radius 1 is 1.41 bits per heavy atom. The lowest BCUT2D eigenvalue weighted by Crippen LogP contribution is -1.99. The van der Waals surface area contributed by atoms with Crippen molar-refractivity contribution in [3.05, 3.63) is 35.4 Å². The average molecular weight is 232 g/mol. The molecule has 0 aromatic heterocycles. The molecular weight excluding hydrogens is 220 g/mol. The molecule has 0 amide bonds. The van der Waals surface area contributed by atoms with Gasteiger partial charge in [-0.15, -0.1) is 0 Å². The summed E-state index contributed by atoms with van der Waals surface area (Å²) in [5.74, 6) is 0.113. The van der Waals surface area contributed by atoms with E-state index < -0.39 is 0 Å². The maximum Gasteiger partial charge on any atom is 0.331 e. The number of cyclic esters (lactones) is 1. The van der Waals surface area contributed by atoms with Crippen molar-refractivity contribution in [2.75, 3.05) is 13.7 Å². The van der Waals surface area contributed by atoms with Crippen molar-refractivity contribution >= 4 is 17.3 Å². The van der Waals surface area contributed by atoms with Crippen molar-refractivity contribution in [3.63, 3.8) is 0 Å². The van der Waals surface area contributed by atoms with Crippen LogP contribution in [-0.4, -0.2) is 25.5 Å². The van der Waals surface area contributed by atoms with Crippen LogP contribution in [0.4, 0.5) is 0 Å². The minimum atomic E-state index is -0.347. The second-order valence-electron chi connectivity index (χ2n) is 3.75. The molecule has 1 aliphatic rings. The summed E-state index contributed by atoms with van der Waals surface area (Å²) in [4.78, 5) is 22.4. The number of hydrogen-bond donors (Lipinski definition) is 0. The average Bonchev–Trinajstić information content (AvgIpc) is 2.75. The SMILES string of the molecule is COc1ccc(C2=CC(=O)OC2)cc1C(C)=O.